The van der Waals surface area contributed by atoms with Gasteiger partial charge in [-0.15, -0.1) is 12.4 Å². The molecule has 1 fully saturated rings. The Balaban J connectivity index is 0.00000180. The Hall–Kier alpha value is -0.870. The van der Waals surface area contributed by atoms with Crippen molar-refractivity contribution in [1.29, 1.82) is 0 Å². The zero-order valence-electron chi connectivity index (χ0n) is 12.0. The third-order valence-corrected chi connectivity index (χ3v) is 3.73. The van der Waals surface area contributed by atoms with Crippen LogP contribution in [0.15, 0.2) is 10.9 Å². The van der Waals surface area contributed by atoms with Crippen LogP contribution in [0.25, 0.3) is 0 Å². The van der Waals surface area contributed by atoms with Crippen molar-refractivity contribution in [2.45, 2.75) is 63.8 Å². The molecule has 5 heteroatoms. The van der Waals surface area contributed by atoms with Crippen molar-refractivity contribution < 1.29 is 0 Å². The minimum Gasteiger partial charge on any atom is -0.319 e. The molecule has 0 unspecified atom stereocenters. The first-order valence-electron chi connectivity index (χ1n) is 6.72. The predicted molar refractivity (Wildman–Crippen MR) is 79.8 cm³/mol. The molecule has 0 radical (unpaired) electrons. The van der Waals surface area contributed by atoms with Crippen molar-refractivity contribution in [3.63, 3.8) is 0 Å². The number of hydrogen-bond acceptors (Lipinski definition) is 3. The van der Waals surface area contributed by atoms with Crippen LogP contribution in [0.5, 0.6) is 0 Å². The number of aromatic amines is 1. The average Bonchev–Trinajstić information content (AvgIpc) is 2.28. The Morgan fingerprint density at radius 3 is 2.37 bits per heavy atom. The molecule has 1 heterocycles. The van der Waals surface area contributed by atoms with Gasteiger partial charge in [-0.25, -0.2) is 4.98 Å². The Labute approximate surface area is 120 Å². The van der Waals surface area contributed by atoms with Gasteiger partial charge < -0.3 is 10.7 Å². The van der Waals surface area contributed by atoms with Crippen molar-refractivity contribution >= 4 is 12.4 Å². The van der Waals surface area contributed by atoms with Gasteiger partial charge >= 0.3 is 0 Å². The lowest BCUT2D eigenvalue weighted by molar-refractivity contribution is 0.284. The van der Waals surface area contributed by atoms with E-state index in [1.54, 1.807) is 6.07 Å². The maximum Gasteiger partial charge on any atom is 0.251 e. The van der Waals surface area contributed by atoms with E-state index in [-0.39, 0.29) is 23.4 Å². The minimum absolute atomic E-state index is 0. The molecular weight excluding hydrogens is 262 g/mol. The van der Waals surface area contributed by atoms with Crippen molar-refractivity contribution in [1.82, 2.24) is 9.97 Å². The van der Waals surface area contributed by atoms with Crippen LogP contribution in [0.2, 0.25) is 0 Å². The highest BCUT2D eigenvalue weighted by Gasteiger charge is 2.33. The second-order valence-electron chi connectivity index (χ2n) is 6.45. The molecule has 1 saturated carbocycles. The Kier molecular flexibility index (Phi) is 4.80. The molecule has 108 valence electrons. The topological polar surface area (TPSA) is 71.8 Å². The summed E-state index contributed by atoms with van der Waals surface area (Å²) in [5.74, 6) is 0.666. The Morgan fingerprint density at radius 1 is 1.26 bits per heavy atom. The smallest absolute Gasteiger partial charge is 0.251 e. The fourth-order valence-corrected chi connectivity index (χ4v) is 2.50. The first-order chi connectivity index (χ1) is 8.31. The van der Waals surface area contributed by atoms with E-state index >= 15 is 0 Å². The Bertz CT molecular complexity index is 484. The van der Waals surface area contributed by atoms with Crippen LogP contribution in [0.4, 0.5) is 0 Å². The van der Waals surface area contributed by atoms with Crippen molar-refractivity contribution in [3.05, 3.63) is 27.9 Å². The number of nitrogens with two attached hydrogens (primary N) is 1. The predicted octanol–water partition coefficient (Wildman–Crippen LogP) is 2.61. The van der Waals surface area contributed by atoms with E-state index in [0.717, 1.165) is 31.4 Å². The molecule has 0 aliphatic heterocycles. The van der Waals surface area contributed by atoms with Gasteiger partial charge in [-0.05, 0) is 12.8 Å². The van der Waals surface area contributed by atoms with Gasteiger partial charge in [0.2, 0.25) is 0 Å². The van der Waals surface area contributed by atoms with Crippen LogP contribution in [0.3, 0.4) is 0 Å². The fraction of sp³-hybridized carbons (Fsp3) is 0.714. The van der Waals surface area contributed by atoms with Crippen molar-refractivity contribution in [2.24, 2.45) is 5.73 Å². The highest BCUT2D eigenvalue weighted by atomic mass is 35.5. The largest absolute Gasteiger partial charge is 0.319 e. The van der Waals surface area contributed by atoms with Crippen LogP contribution >= 0.6 is 12.4 Å². The fourth-order valence-electron chi connectivity index (χ4n) is 2.50. The summed E-state index contributed by atoms with van der Waals surface area (Å²) in [5.41, 5.74) is 6.57. The minimum atomic E-state index is -0.446. The zero-order chi connectivity index (χ0) is 13.4. The van der Waals surface area contributed by atoms with Gasteiger partial charge in [0.25, 0.3) is 5.56 Å². The summed E-state index contributed by atoms with van der Waals surface area (Å²) in [6, 6.07) is 1.58. The van der Waals surface area contributed by atoms with E-state index < -0.39 is 5.54 Å². The van der Waals surface area contributed by atoms with Crippen LogP contribution in [0.1, 0.15) is 64.4 Å². The quantitative estimate of drug-likeness (QED) is 0.833. The first-order valence-corrected chi connectivity index (χ1v) is 6.72. The van der Waals surface area contributed by atoms with Gasteiger partial charge in [-0.1, -0.05) is 40.0 Å². The monoisotopic (exact) mass is 285 g/mol. The molecular formula is C14H24ClN3O. The molecule has 0 spiro atoms. The third kappa shape index (κ3) is 3.57. The van der Waals surface area contributed by atoms with E-state index in [4.69, 9.17) is 5.73 Å². The summed E-state index contributed by atoms with van der Waals surface area (Å²) in [7, 11) is 0. The second-order valence-corrected chi connectivity index (χ2v) is 6.45. The van der Waals surface area contributed by atoms with Gasteiger partial charge in [0.15, 0.2) is 0 Å². The Morgan fingerprint density at radius 2 is 1.84 bits per heavy atom. The molecule has 1 aromatic heterocycles. The molecule has 19 heavy (non-hydrogen) atoms. The van der Waals surface area contributed by atoms with Crippen molar-refractivity contribution in [2.75, 3.05) is 0 Å². The molecule has 0 aromatic carbocycles. The number of rotatable bonds is 1. The average molecular weight is 286 g/mol. The van der Waals surface area contributed by atoms with Gasteiger partial charge in [-0.3, -0.25) is 4.79 Å². The molecule has 4 nitrogen and oxygen atoms in total. The van der Waals surface area contributed by atoms with Gasteiger partial charge in [0.05, 0.1) is 11.2 Å². The molecule has 0 atom stereocenters. The molecule has 1 aliphatic carbocycles. The van der Waals surface area contributed by atoms with E-state index in [2.05, 4.69) is 30.7 Å². The molecule has 0 saturated heterocycles. The standard InChI is InChI=1S/C14H23N3O.ClH/c1-13(2,3)10-9-11(18)17-12(16-10)14(15)7-5-4-6-8-14;/h9H,4-8,15H2,1-3H3,(H,16,17,18);1H. The van der Waals surface area contributed by atoms with Crippen LogP contribution in [-0.2, 0) is 11.0 Å². The van der Waals surface area contributed by atoms with Gasteiger partial charge in [0, 0.05) is 11.5 Å². The van der Waals surface area contributed by atoms with E-state index in [1.165, 1.54) is 6.42 Å². The molecule has 0 amide bonds. The molecule has 1 aromatic rings. The third-order valence-electron chi connectivity index (χ3n) is 3.73. The first kappa shape index (κ1) is 16.2. The van der Waals surface area contributed by atoms with Crippen LogP contribution < -0.4 is 11.3 Å². The molecule has 2 rings (SSSR count). The lowest BCUT2D eigenvalue weighted by Crippen LogP contribution is -2.42. The number of hydrogen-bond donors (Lipinski definition) is 2. The van der Waals surface area contributed by atoms with E-state index in [0.29, 0.717) is 5.82 Å². The molecule has 3 N–H and O–H groups in total. The number of nitrogens with one attached hydrogen (secondary N) is 1. The normalized spacial score (nSPS) is 18.7. The lowest BCUT2D eigenvalue weighted by Gasteiger charge is -2.33. The number of aromatic nitrogens is 2. The van der Waals surface area contributed by atoms with E-state index in [9.17, 15) is 4.79 Å². The summed E-state index contributed by atoms with van der Waals surface area (Å²) in [5, 5.41) is 0. The summed E-state index contributed by atoms with van der Waals surface area (Å²) in [4.78, 5) is 19.2. The zero-order valence-corrected chi connectivity index (χ0v) is 12.8. The summed E-state index contributed by atoms with van der Waals surface area (Å²) in [6.07, 6.45) is 5.26. The summed E-state index contributed by atoms with van der Waals surface area (Å²) >= 11 is 0. The number of nitrogens with zero attached hydrogens (tertiary/aromatic N) is 1. The van der Waals surface area contributed by atoms with Gasteiger partial charge in [-0.2, -0.15) is 0 Å². The highest BCUT2D eigenvalue weighted by Crippen LogP contribution is 2.33. The highest BCUT2D eigenvalue weighted by molar-refractivity contribution is 5.85. The maximum atomic E-state index is 11.8. The molecule has 1 aliphatic rings. The van der Waals surface area contributed by atoms with E-state index in [1.807, 2.05) is 0 Å². The SMILES string of the molecule is CC(C)(C)c1cc(=O)[nH]c(C2(N)CCCCC2)n1.Cl. The van der Waals surface area contributed by atoms with Crippen LogP contribution in [0, 0.1) is 0 Å². The van der Waals surface area contributed by atoms with Crippen molar-refractivity contribution in [3.8, 4) is 0 Å². The lowest BCUT2D eigenvalue weighted by atomic mass is 9.81. The number of halogens is 1. The summed E-state index contributed by atoms with van der Waals surface area (Å²) < 4.78 is 0. The van der Waals surface area contributed by atoms with Crippen LogP contribution in [-0.4, -0.2) is 9.97 Å². The summed E-state index contributed by atoms with van der Waals surface area (Å²) in [6.45, 7) is 6.17. The molecule has 0 bridgehead atoms. The number of H-pyrrole nitrogens is 1. The van der Waals surface area contributed by atoms with Gasteiger partial charge in [0.1, 0.15) is 5.82 Å². The second kappa shape index (κ2) is 5.63. The maximum absolute atomic E-state index is 11.8.